The van der Waals surface area contributed by atoms with Crippen molar-refractivity contribution < 1.29 is 9.90 Å². The quantitative estimate of drug-likeness (QED) is 0.884. The molecule has 0 saturated heterocycles. The molecule has 20 heavy (non-hydrogen) atoms. The van der Waals surface area contributed by atoms with Gasteiger partial charge in [0.2, 0.25) is 5.91 Å². The lowest BCUT2D eigenvalue weighted by Gasteiger charge is -2.11. The first-order chi connectivity index (χ1) is 9.34. The van der Waals surface area contributed by atoms with Crippen molar-refractivity contribution in [3.8, 4) is 0 Å². The van der Waals surface area contributed by atoms with Crippen molar-refractivity contribution in [1.82, 2.24) is 15.0 Å². The summed E-state index contributed by atoms with van der Waals surface area (Å²) >= 11 is 0. The summed E-state index contributed by atoms with van der Waals surface area (Å²) in [7, 11) is 0. The fourth-order valence-electron chi connectivity index (χ4n) is 1.64. The van der Waals surface area contributed by atoms with E-state index in [1.807, 2.05) is 31.2 Å². The second-order valence-electron chi connectivity index (χ2n) is 5.27. The molecule has 0 aliphatic heterocycles. The van der Waals surface area contributed by atoms with E-state index in [1.54, 1.807) is 20.0 Å². The van der Waals surface area contributed by atoms with Gasteiger partial charge in [0, 0.05) is 5.69 Å². The molecule has 6 nitrogen and oxygen atoms in total. The van der Waals surface area contributed by atoms with E-state index in [2.05, 4.69) is 15.6 Å². The molecule has 1 heterocycles. The Morgan fingerprint density at radius 1 is 1.35 bits per heavy atom. The van der Waals surface area contributed by atoms with Gasteiger partial charge in [-0.1, -0.05) is 22.9 Å². The van der Waals surface area contributed by atoms with Crippen LogP contribution >= 0.6 is 0 Å². The van der Waals surface area contributed by atoms with Gasteiger partial charge in [0.1, 0.15) is 17.8 Å². The normalized spacial score (nSPS) is 11.4. The Hall–Kier alpha value is -2.21. The first-order valence-corrected chi connectivity index (χ1v) is 6.34. The topological polar surface area (TPSA) is 80.0 Å². The van der Waals surface area contributed by atoms with Gasteiger partial charge >= 0.3 is 0 Å². The Morgan fingerprint density at radius 2 is 2.00 bits per heavy atom. The van der Waals surface area contributed by atoms with Crippen molar-refractivity contribution in [3.63, 3.8) is 0 Å². The maximum Gasteiger partial charge on any atom is 0.246 e. The van der Waals surface area contributed by atoms with Crippen molar-refractivity contribution in [1.29, 1.82) is 0 Å². The van der Waals surface area contributed by atoms with Gasteiger partial charge in [-0.15, -0.1) is 5.10 Å². The third-order valence-electron chi connectivity index (χ3n) is 2.81. The number of benzene rings is 1. The number of aliphatic hydroxyl groups is 1. The van der Waals surface area contributed by atoms with E-state index < -0.39 is 5.60 Å². The molecule has 0 radical (unpaired) electrons. The third kappa shape index (κ3) is 3.64. The molecule has 0 aliphatic carbocycles. The third-order valence-corrected chi connectivity index (χ3v) is 2.81. The van der Waals surface area contributed by atoms with Crippen molar-refractivity contribution >= 4 is 11.6 Å². The molecule has 1 aromatic heterocycles. The van der Waals surface area contributed by atoms with Crippen LogP contribution in [0.4, 0.5) is 5.69 Å². The van der Waals surface area contributed by atoms with Crippen LogP contribution in [-0.2, 0) is 16.9 Å². The number of carbonyl (C=O) groups is 1. The fourth-order valence-corrected chi connectivity index (χ4v) is 1.64. The molecule has 0 spiro atoms. The number of aromatic nitrogens is 3. The van der Waals surface area contributed by atoms with Gasteiger partial charge in [-0.2, -0.15) is 0 Å². The molecule has 2 N–H and O–H groups in total. The molecule has 0 fully saturated rings. The molecule has 0 saturated carbocycles. The Kier molecular flexibility index (Phi) is 3.85. The highest BCUT2D eigenvalue weighted by Gasteiger charge is 2.20. The molecule has 0 bridgehead atoms. The molecule has 0 unspecified atom stereocenters. The molecule has 6 heteroatoms. The fraction of sp³-hybridized carbons (Fsp3) is 0.357. The number of aryl methyl sites for hydroxylation is 1. The Bertz CT molecular complexity index is 596. The van der Waals surface area contributed by atoms with Crippen LogP contribution in [0.5, 0.6) is 0 Å². The van der Waals surface area contributed by atoms with Gasteiger partial charge in [0.15, 0.2) is 0 Å². The van der Waals surface area contributed by atoms with Crippen molar-refractivity contribution in [3.05, 3.63) is 41.7 Å². The molecular formula is C14H18N4O2. The minimum absolute atomic E-state index is 0.0525. The number of nitrogens with one attached hydrogen (secondary N) is 1. The Labute approximate surface area is 117 Å². The summed E-state index contributed by atoms with van der Waals surface area (Å²) in [6, 6.07) is 7.54. The summed E-state index contributed by atoms with van der Waals surface area (Å²) in [5.41, 5.74) is 1.24. The van der Waals surface area contributed by atoms with E-state index in [0.717, 1.165) is 11.3 Å². The van der Waals surface area contributed by atoms with Crippen molar-refractivity contribution in [2.45, 2.75) is 32.9 Å². The highest BCUT2D eigenvalue weighted by atomic mass is 16.3. The predicted molar refractivity (Wildman–Crippen MR) is 75.1 cm³/mol. The zero-order chi connectivity index (χ0) is 14.8. The zero-order valence-corrected chi connectivity index (χ0v) is 11.8. The molecular weight excluding hydrogens is 256 g/mol. The molecule has 2 aromatic rings. The Balaban J connectivity index is 1.98. The van der Waals surface area contributed by atoms with Crippen LogP contribution in [0.15, 0.2) is 30.5 Å². The standard InChI is InChI=1S/C14H18N4O2/c1-10-4-6-11(7-5-10)15-13(19)9-18-8-12(16-17-18)14(2,3)20/h4-8,20H,9H2,1-3H3,(H,15,19). The largest absolute Gasteiger partial charge is 0.384 e. The lowest BCUT2D eigenvalue weighted by molar-refractivity contribution is -0.116. The van der Waals surface area contributed by atoms with Gasteiger partial charge in [0.05, 0.1) is 6.20 Å². The van der Waals surface area contributed by atoms with Gasteiger partial charge in [0.25, 0.3) is 0 Å². The van der Waals surface area contributed by atoms with E-state index in [0.29, 0.717) is 5.69 Å². The van der Waals surface area contributed by atoms with E-state index >= 15 is 0 Å². The molecule has 1 amide bonds. The van der Waals surface area contributed by atoms with Crippen LogP contribution in [0.3, 0.4) is 0 Å². The van der Waals surface area contributed by atoms with Crippen LogP contribution in [0, 0.1) is 6.92 Å². The van der Waals surface area contributed by atoms with Crippen molar-refractivity contribution in [2.24, 2.45) is 0 Å². The predicted octanol–water partition coefficient (Wildman–Crippen LogP) is 1.45. The second-order valence-corrected chi connectivity index (χ2v) is 5.27. The van der Waals surface area contributed by atoms with Gasteiger partial charge < -0.3 is 10.4 Å². The number of hydrogen-bond donors (Lipinski definition) is 2. The summed E-state index contributed by atoms with van der Waals surface area (Å²) in [5, 5.41) is 20.2. The Morgan fingerprint density at radius 3 is 2.55 bits per heavy atom. The molecule has 2 rings (SSSR count). The highest BCUT2D eigenvalue weighted by Crippen LogP contribution is 2.15. The van der Waals surface area contributed by atoms with Gasteiger partial charge in [-0.3, -0.25) is 4.79 Å². The lowest BCUT2D eigenvalue weighted by atomic mass is 10.1. The first-order valence-electron chi connectivity index (χ1n) is 6.34. The number of nitrogens with zero attached hydrogens (tertiary/aromatic N) is 3. The zero-order valence-electron chi connectivity index (χ0n) is 11.8. The summed E-state index contributed by atoms with van der Waals surface area (Å²) in [5.74, 6) is -0.193. The van der Waals surface area contributed by atoms with Crippen LogP contribution in [-0.4, -0.2) is 26.0 Å². The summed E-state index contributed by atoms with van der Waals surface area (Å²) in [6.07, 6.45) is 1.56. The smallest absolute Gasteiger partial charge is 0.246 e. The molecule has 1 aromatic carbocycles. The first kappa shape index (κ1) is 14.2. The SMILES string of the molecule is Cc1ccc(NC(=O)Cn2cc(C(C)(C)O)nn2)cc1. The molecule has 0 atom stereocenters. The van der Waals surface area contributed by atoms with Crippen LogP contribution in [0.2, 0.25) is 0 Å². The number of rotatable bonds is 4. The number of carbonyl (C=O) groups excluding carboxylic acids is 1. The average molecular weight is 274 g/mol. The van der Waals surface area contributed by atoms with E-state index in [4.69, 9.17) is 0 Å². The number of hydrogen-bond acceptors (Lipinski definition) is 4. The number of amides is 1. The second kappa shape index (κ2) is 5.42. The number of anilines is 1. The monoisotopic (exact) mass is 274 g/mol. The van der Waals surface area contributed by atoms with E-state index in [9.17, 15) is 9.90 Å². The average Bonchev–Trinajstić information content (AvgIpc) is 2.80. The van der Waals surface area contributed by atoms with E-state index in [-0.39, 0.29) is 12.5 Å². The van der Waals surface area contributed by atoms with E-state index in [1.165, 1.54) is 4.68 Å². The highest BCUT2D eigenvalue weighted by molar-refractivity contribution is 5.90. The summed E-state index contributed by atoms with van der Waals surface area (Å²) < 4.78 is 1.40. The maximum atomic E-state index is 11.9. The van der Waals surface area contributed by atoms with Crippen molar-refractivity contribution in [2.75, 3.05) is 5.32 Å². The summed E-state index contributed by atoms with van der Waals surface area (Å²) in [4.78, 5) is 11.9. The minimum atomic E-state index is -1.06. The van der Waals surface area contributed by atoms with Crippen LogP contribution in [0.25, 0.3) is 0 Å². The molecule has 0 aliphatic rings. The molecule has 106 valence electrons. The van der Waals surface area contributed by atoms with Crippen LogP contribution in [0.1, 0.15) is 25.1 Å². The van der Waals surface area contributed by atoms with Crippen LogP contribution < -0.4 is 5.32 Å². The lowest BCUT2D eigenvalue weighted by Crippen LogP contribution is -2.19. The summed E-state index contributed by atoms with van der Waals surface area (Å²) in [6.45, 7) is 5.28. The minimum Gasteiger partial charge on any atom is -0.384 e. The maximum absolute atomic E-state index is 11.9. The van der Waals surface area contributed by atoms with Gasteiger partial charge in [-0.25, -0.2) is 4.68 Å². The van der Waals surface area contributed by atoms with Gasteiger partial charge in [-0.05, 0) is 32.9 Å².